The lowest BCUT2D eigenvalue weighted by Gasteiger charge is -2.17. The summed E-state index contributed by atoms with van der Waals surface area (Å²) >= 11 is 0. The number of carbonyl (C=O) groups is 2. The summed E-state index contributed by atoms with van der Waals surface area (Å²) in [4.78, 5) is 34.5. The molecule has 2 amide bonds. The van der Waals surface area contributed by atoms with Crippen molar-refractivity contribution in [3.05, 3.63) is 53.6 Å². The van der Waals surface area contributed by atoms with Gasteiger partial charge >= 0.3 is 0 Å². The Morgan fingerprint density at radius 1 is 1.19 bits per heavy atom. The number of hydrogen-bond donors (Lipinski definition) is 1. The number of aromatic nitrogens is 4. The second-order valence-corrected chi connectivity index (χ2v) is 6.40. The van der Waals surface area contributed by atoms with Gasteiger partial charge in [-0.2, -0.15) is 10.1 Å². The number of rotatable bonds is 6. The van der Waals surface area contributed by atoms with E-state index >= 15 is 0 Å². The molecular formula is C19H22N6O2. The lowest BCUT2D eigenvalue weighted by Crippen LogP contribution is -2.35. The fraction of sp³-hybridized carbons (Fsp3) is 0.316. The zero-order valence-corrected chi connectivity index (χ0v) is 15.6. The van der Waals surface area contributed by atoms with Crippen LogP contribution < -0.4 is 5.32 Å². The summed E-state index contributed by atoms with van der Waals surface area (Å²) in [6.07, 6.45) is 2.28. The van der Waals surface area contributed by atoms with E-state index in [9.17, 15) is 9.59 Å². The van der Waals surface area contributed by atoms with Gasteiger partial charge in [0.1, 0.15) is 6.33 Å². The van der Waals surface area contributed by atoms with Gasteiger partial charge in [0.15, 0.2) is 0 Å². The summed E-state index contributed by atoms with van der Waals surface area (Å²) in [5.41, 5.74) is 3.45. The van der Waals surface area contributed by atoms with Crippen molar-refractivity contribution < 1.29 is 9.59 Å². The molecule has 0 aliphatic rings. The Hall–Kier alpha value is -3.29. The first kappa shape index (κ1) is 18.5. The largest absolute Gasteiger partial charge is 0.336 e. The van der Waals surface area contributed by atoms with Crippen LogP contribution >= 0.6 is 0 Å². The number of benzene rings is 1. The number of para-hydroxylation sites is 1. The number of nitrogens with zero attached hydrogens (tertiary/aromatic N) is 5. The topological polar surface area (TPSA) is 92.5 Å². The predicted molar refractivity (Wildman–Crippen MR) is 101 cm³/mol. The quantitative estimate of drug-likeness (QED) is 0.718. The maximum atomic E-state index is 12.4. The number of aryl methyl sites for hydroxylation is 2. The Bertz CT molecular complexity index is 967. The van der Waals surface area contributed by atoms with E-state index < -0.39 is 0 Å². The van der Waals surface area contributed by atoms with Gasteiger partial charge in [0.25, 0.3) is 5.78 Å². The van der Waals surface area contributed by atoms with Crippen molar-refractivity contribution in [1.29, 1.82) is 0 Å². The summed E-state index contributed by atoms with van der Waals surface area (Å²) in [5, 5.41) is 6.93. The molecule has 140 valence electrons. The number of fused-ring (bicyclic) bond motifs is 1. The maximum absolute atomic E-state index is 12.4. The predicted octanol–water partition coefficient (Wildman–Crippen LogP) is 1.77. The standard InChI is InChI=1S/C19H22N6O2/c1-13-16(14(2)25-19(22-13)20-12-21-25)9-10-18(27)24(3)11-17(26)23-15-7-5-4-6-8-15/h4-8,12H,9-11H2,1-3H3,(H,23,26). The fourth-order valence-corrected chi connectivity index (χ4v) is 2.97. The van der Waals surface area contributed by atoms with Gasteiger partial charge in [0, 0.05) is 30.5 Å². The molecule has 0 unspecified atom stereocenters. The van der Waals surface area contributed by atoms with Crippen LogP contribution in [0.2, 0.25) is 0 Å². The lowest BCUT2D eigenvalue weighted by atomic mass is 10.1. The molecule has 3 aromatic rings. The highest BCUT2D eigenvalue weighted by molar-refractivity contribution is 5.94. The van der Waals surface area contributed by atoms with Crippen LogP contribution in [0.5, 0.6) is 0 Å². The maximum Gasteiger partial charge on any atom is 0.252 e. The third-order valence-corrected chi connectivity index (χ3v) is 4.44. The highest BCUT2D eigenvalue weighted by Gasteiger charge is 2.16. The van der Waals surface area contributed by atoms with Crippen molar-refractivity contribution >= 4 is 23.3 Å². The highest BCUT2D eigenvalue weighted by Crippen LogP contribution is 2.15. The SMILES string of the molecule is Cc1nc2ncnn2c(C)c1CCC(=O)N(C)CC(=O)Nc1ccccc1. The molecule has 0 spiro atoms. The van der Waals surface area contributed by atoms with Gasteiger partial charge in [0.2, 0.25) is 11.8 Å². The first-order valence-electron chi connectivity index (χ1n) is 8.70. The Balaban J connectivity index is 1.58. The van der Waals surface area contributed by atoms with Crippen LogP contribution in [0.4, 0.5) is 5.69 Å². The van der Waals surface area contributed by atoms with Crippen LogP contribution in [0.25, 0.3) is 5.78 Å². The average Bonchev–Trinajstić information content (AvgIpc) is 3.10. The summed E-state index contributed by atoms with van der Waals surface area (Å²) in [5.74, 6) is 0.223. The summed E-state index contributed by atoms with van der Waals surface area (Å²) in [6.45, 7) is 3.84. The van der Waals surface area contributed by atoms with Gasteiger partial charge in [-0.05, 0) is 38.0 Å². The number of amides is 2. The van der Waals surface area contributed by atoms with E-state index in [0.717, 1.165) is 17.0 Å². The Morgan fingerprint density at radius 2 is 1.93 bits per heavy atom. The van der Waals surface area contributed by atoms with Crippen molar-refractivity contribution in [3.8, 4) is 0 Å². The second-order valence-electron chi connectivity index (χ2n) is 6.40. The Kier molecular flexibility index (Phi) is 5.44. The first-order valence-corrected chi connectivity index (χ1v) is 8.70. The van der Waals surface area contributed by atoms with Gasteiger partial charge in [-0.25, -0.2) is 9.50 Å². The monoisotopic (exact) mass is 366 g/mol. The number of hydrogen-bond acceptors (Lipinski definition) is 5. The van der Waals surface area contributed by atoms with Crippen molar-refractivity contribution in [2.45, 2.75) is 26.7 Å². The molecule has 8 heteroatoms. The molecule has 3 rings (SSSR count). The smallest absolute Gasteiger partial charge is 0.252 e. The number of anilines is 1. The molecule has 1 aromatic carbocycles. The van der Waals surface area contributed by atoms with Gasteiger partial charge in [-0.3, -0.25) is 9.59 Å². The van der Waals surface area contributed by atoms with E-state index in [2.05, 4.69) is 20.4 Å². The minimum atomic E-state index is -0.227. The fourth-order valence-electron chi connectivity index (χ4n) is 2.97. The second kappa shape index (κ2) is 7.94. The van der Waals surface area contributed by atoms with Gasteiger partial charge in [-0.15, -0.1) is 0 Å². The number of nitrogens with one attached hydrogen (secondary N) is 1. The van der Waals surface area contributed by atoms with Crippen molar-refractivity contribution in [1.82, 2.24) is 24.5 Å². The number of carbonyl (C=O) groups excluding carboxylic acids is 2. The lowest BCUT2D eigenvalue weighted by molar-refractivity contribution is -0.133. The van der Waals surface area contributed by atoms with Crippen LogP contribution in [0.3, 0.4) is 0 Å². The molecule has 0 atom stereocenters. The van der Waals surface area contributed by atoms with E-state index in [1.807, 2.05) is 32.0 Å². The van der Waals surface area contributed by atoms with Crippen molar-refractivity contribution in [3.63, 3.8) is 0 Å². The number of likely N-dealkylation sites (N-methyl/N-ethyl adjacent to an activating group) is 1. The zero-order valence-electron chi connectivity index (χ0n) is 15.6. The van der Waals surface area contributed by atoms with Crippen molar-refractivity contribution in [2.75, 3.05) is 18.9 Å². The molecule has 0 saturated carbocycles. The molecule has 1 N–H and O–H groups in total. The Labute approximate surface area is 157 Å². The third kappa shape index (κ3) is 4.28. The molecule has 0 aliphatic carbocycles. The average molecular weight is 366 g/mol. The van der Waals surface area contributed by atoms with Crippen LogP contribution in [0.1, 0.15) is 23.4 Å². The van der Waals surface area contributed by atoms with Crippen LogP contribution in [-0.4, -0.2) is 49.9 Å². The highest BCUT2D eigenvalue weighted by atomic mass is 16.2. The van der Waals surface area contributed by atoms with Gasteiger partial charge < -0.3 is 10.2 Å². The van der Waals surface area contributed by atoms with Crippen LogP contribution in [0, 0.1) is 13.8 Å². The third-order valence-electron chi connectivity index (χ3n) is 4.44. The minimum absolute atomic E-state index is 0.00601. The summed E-state index contributed by atoms with van der Waals surface area (Å²) in [6, 6.07) is 9.17. The molecule has 0 aliphatic heterocycles. The molecule has 0 radical (unpaired) electrons. The van der Waals surface area contributed by atoms with Gasteiger partial charge in [-0.1, -0.05) is 18.2 Å². The summed E-state index contributed by atoms with van der Waals surface area (Å²) < 4.78 is 1.67. The van der Waals surface area contributed by atoms with E-state index in [4.69, 9.17) is 0 Å². The minimum Gasteiger partial charge on any atom is -0.336 e. The van der Waals surface area contributed by atoms with E-state index in [-0.39, 0.29) is 18.4 Å². The van der Waals surface area contributed by atoms with E-state index in [1.165, 1.54) is 11.2 Å². The molecule has 8 nitrogen and oxygen atoms in total. The summed E-state index contributed by atoms with van der Waals surface area (Å²) in [7, 11) is 1.63. The Morgan fingerprint density at radius 3 is 2.67 bits per heavy atom. The molecule has 27 heavy (non-hydrogen) atoms. The molecule has 0 fully saturated rings. The van der Waals surface area contributed by atoms with Crippen molar-refractivity contribution in [2.24, 2.45) is 0 Å². The normalized spacial score (nSPS) is 10.8. The van der Waals surface area contributed by atoms with E-state index in [1.54, 1.807) is 23.7 Å². The van der Waals surface area contributed by atoms with Crippen LogP contribution in [0.15, 0.2) is 36.7 Å². The molecule has 0 saturated heterocycles. The molecule has 2 heterocycles. The van der Waals surface area contributed by atoms with E-state index in [0.29, 0.717) is 24.3 Å². The molecule has 0 bridgehead atoms. The molecular weight excluding hydrogens is 344 g/mol. The van der Waals surface area contributed by atoms with Gasteiger partial charge in [0.05, 0.1) is 6.54 Å². The molecule has 2 aromatic heterocycles. The first-order chi connectivity index (χ1) is 13.0. The zero-order chi connectivity index (χ0) is 19.4. The van der Waals surface area contributed by atoms with Crippen LogP contribution in [-0.2, 0) is 16.0 Å².